The minimum Gasteiger partial charge on any atom is -0.482 e. The van der Waals surface area contributed by atoms with E-state index in [1.807, 2.05) is 37.6 Å². The van der Waals surface area contributed by atoms with Crippen LogP contribution in [0.1, 0.15) is 79.6 Å². The molecule has 0 unspecified atom stereocenters. The van der Waals surface area contributed by atoms with E-state index in [0.29, 0.717) is 27.5 Å². The second-order valence-electron chi connectivity index (χ2n) is 10.8. The monoisotopic (exact) mass is 551 g/mol. The molecule has 202 valence electrons. The molecule has 3 aromatic rings. The quantitative estimate of drug-likeness (QED) is 0.295. The van der Waals surface area contributed by atoms with E-state index in [0.717, 1.165) is 42.6 Å². The van der Waals surface area contributed by atoms with Gasteiger partial charge in [0.1, 0.15) is 16.8 Å². The molecule has 0 fully saturated rings. The Morgan fingerprint density at radius 2 is 2.13 bits per heavy atom. The number of hydrogen-bond donors (Lipinski definition) is 1. The molecule has 1 N–H and O–H groups in total. The highest BCUT2D eigenvalue weighted by molar-refractivity contribution is 7.99. The number of nitrogens with zero attached hydrogens (tertiary/aromatic N) is 4. The number of carbonyl (C=O) groups is 1. The van der Waals surface area contributed by atoms with Crippen molar-refractivity contribution in [2.45, 2.75) is 78.5 Å². The molecule has 1 aromatic carbocycles. The third-order valence-electron chi connectivity index (χ3n) is 8.07. The lowest BCUT2D eigenvalue weighted by Gasteiger charge is -2.36. The van der Waals surface area contributed by atoms with E-state index in [2.05, 4.69) is 55.3 Å². The lowest BCUT2D eigenvalue weighted by Crippen LogP contribution is -2.28. The summed E-state index contributed by atoms with van der Waals surface area (Å²) in [6, 6.07) is 8.35. The molecule has 0 aliphatic heterocycles. The Morgan fingerprint density at radius 1 is 1.37 bits per heavy atom. The lowest BCUT2D eigenvalue weighted by atomic mass is 9.69. The number of hydrogen-bond acceptors (Lipinski definition) is 7. The first-order chi connectivity index (χ1) is 18.1. The molecule has 2 heterocycles. The highest BCUT2D eigenvalue weighted by Crippen LogP contribution is 2.45. The molecule has 0 bridgehead atoms. The minimum absolute atomic E-state index is 0.153. The van der Waals surface area contributed by atoms with Crippen molar-refractivity contribution >= 4 is 34.0 Å². The number of aromatic nitrogens is 3. The first-order valence-corrected chi connectivity index (χ1v) is 14.9. The maximum Gasteiger partial charge on any atom is 0.235 e. The van der Waals surface area contributed by atoms with Crippen LogP contribution >= 0.6 is 23.1 Å². The van der Waals surface area contributed by atoms with Crippen molar-refractivity contribution < 1.29 is 9.53 Å². The SMILES string of the molecule is CCC(C)(C)[C@H]1CCc2c(sc(NC(=O)CSc3nnc([C@H](C)Oc4cccc(C)c4C)n3C)c2C#N)C1. The minimum atomic E-state index is -0.298. The molecule has 0 spiro atoms. The van der Waals surface area contributed by atoms with Crippen LogP contribution in [0.3, 0.4) is 0 Å². The van der Waals surface area contributed by atoms with Gasteiger partial charge in [-0.15, -0.1) is 21.5 Å². The number of thioether (sulfide) groups is 1. The van der Waals surface area contributed by atoms with Gasteiger partial charge in [0.05, 0.1) is 11.3 Å². The molecule has 7 nitrogen and oxygen atoms in total. The van der Waals surface area contributed by atoms with Crippen LogP contribution in [0.25, 0.3) is 0 Å². The number of amides is 1. The summed E-state index contributed by atoms with van der Waals surface area (Å²) in [6.45, 7) is 12.9. The van der Waals surface area contributed by atoms with Gasteiger partial charge in [-0.2, -0.15) is 5.26 Å². The Labute approximate surface area is 234 Å². The largest absolute Gasteiger partial charge is 0.482 e. The molecule has 2 atom stereocenters. The van der Waals surface area contributed by atoms with Gasteiger partial charge in [0.15, 0.2) is 17.1 Å². The number of rotatable bonds is 9. The Morgan fingerprint density at radius 3 is 2.84 bits per heavy atom. The van der Waals surface area contributed by atoms with Crippen molar-refractivity contribution in [2.24, 2.45) is 18.4 Å². The van der Waals surface area contributed by atoms with E-state index in [1.54, 1.807) is 11.3 Å². The average molecular weight is 552 g/mol. The zero-order chi connectivity index (χ0) is 27.6. The van der Waals surface area contributed by atoms with Gasteiger partial charge in [0.2, 0.25) is 5.91 Å². The van der Waals surface area contributed by atoms with Crippen LogP contribution in [0.5, 0.6) is 5.75 Å². The molecule has 0 saturated carbocycles. The maximum absolute atomic E-state index is 12.9. The molecule has 0 radical (unpaired) electrons. The highest BCUT2D eigenvalue weighted by Gasteiger charge is 2.34. The van der Waals surface area contributed by atoms with Gasteiger partial charge in [0, 0.05) is 11.9 Å². The van der Waals surface area contributed by atoms with Gasteiger partial charge in [-0.1, -0.05) is 51.1 Å². The van der Waals surface area contributed by atoms with E-state index in [4.69, 9.17) is 4.74 Å². The molecule has 9 heteroatoms. The number of aryl methyl sites for hydroxylation is 1. The molecule has 0 saturated heterocycles. The van der Waals surface area contributed by atoms with Crippen molar-refractivity contribution in [3.63, 3.8) is 0 Å². The van der Waals surface area contributed by atoms with E-state index in [1.165, 1.54) is 22.2 Å². The number of benzene rings is 1. The zero-order valence-corrected chi connectivity index (χ0v) is 25.0. The summed E-state index contributed by atoms with van der Waals surface area (Å²) >= 11 is 2.89. The van der Waals surface area contributed by atoms with Crippen LogP contribution in [-0.2, 0) is 24.7 Å². The fourth-order valence-electron chi connectivity index (χ4n) is 4.94. The number of nitriles is 1. The van der Waals surface area contributed by atoms with Gasteiger partial charge in [-0.3, -0.25) is 4.79 Å². The number of ether oxygens (including phenoxy) is 1. The Kier molecular flexibility index (Phi) is 8.53. The lowest BCUT2D eigenvalue weighted by molar-refractivity contribution is -0.113. The van der Waals surface area contributed by atoms with Crippen molar-refractivity contribution in [1.29, 1.82) is 5.26 Å². The summed E-state index contributed by atoms with van der Waals surface area (Å²) in [5.74, 6) is 2.13. The van der Waals surface area contributed by atoms with Gasteiger partial charge < -0.3 is 14.6 Å². The molecule has 1 aliphatic rings. The van der Waals surface area contributed by atoms with Crippen LogP contribution in [0, 0.1) is 36.5 Å². The fraction of sp³-hybridized carbons (Fsp3) is 0.517. The van der Waals surface area contributed by atoms with Crippen molar-refractivity contribution in [1.82, 2.24) is 14.8 Å². The second kappa shape index (κ2) is 11.5. The Balaban J connectivity index is 1.39. The van der Waals surface area contributed by atoms with E-state index < -0.39 is 0 Å². The molecule has 2 aromatic heterocycles. The van der Waals surface area contributed by atoms with Crippen molar-refractivity contribution in [3.05, 3.63) is 51.2 Å². The summed E-state index contributed by atoms with van der Waals surface area (Å²) in [7, 11) is 1.88. The van der Waals surface area contributed by atoms with Gasteiger partial charge in [-0.25, -0.2) is 0 Å². The topological polar surface area (TPSA) is 92.8 Å². The van der Waals surface area contributed by atoms with Gasteiger partial charge in [0.25, 0.3) is 0 Å². The van der Waals surface area contributed by atoms with Crippen LogP contribution in [0.4, 0.5) is 5.00 Å². The predicted octanol–water partition coefficient (Wildman–Crippen LogP) is 6.78. The zero-order valence-electron chi connectivity index (χ0n) is 23.3. The number of fused-ring (bicyclic) bond motifs is 1. The molecular formula is C29H37N5O2S2. The van der Waals surface area contributed by atoms with Crippen molar-refractivity contribution in [2.75, 3.05) is 11.1 Å². The number of anilines is 1. The normalized spacial score (nSPS) is 16.0. The van der Waals surface area contributed by atoms with Crippen LogP contribution < -0.4 is 10.1 Å². The number of nitrogens with one attached hydrogen (secondary N) is 1. The van der Waals surface area contributed by atoms with Gasteiger partial charge in [-0.05, 0) is 74.1 Å². The number of thiophene rings is 1. The maximum atomic E-state index is 12.9. The van der Waals surface area contributed by atoms with Gasteiger partial charge >= 0.3 is 0 Å². The highest BCUT2D eigenvalue weighted by atomic mass is 32.2. The summed E-state index contributed by atoms with van der Waals surface area (Å²) in [5.41, 5.74) is 4.30. The molecular weight excluding hydrogens is 514 g/mol. The molecule has 1 aliphatic carbocycles. The first-order valence-electron chi connectivity index (χ1n) is 13.1. The predicted molar refractivity (Wildman–Crippen MR) is 154 cm³/mol. The van der Waals surface area contributed by atoms with E-state index in [9.17, 15) is 10.1 Å². The standard InChI is InChI=1S/C29H37N5O2S2/c1-8-29(5,6)20-12-13-21-22(15-30)27(38-24(21)14-20)31-25(35)16-37-28-33-32-26(34(28)7)19(4)36-23-11-9-10-17(2)18(23)3/h9-11,19-20H,8,12-14,16H2,1-7H3,(H,31,35)/t19-,20-/m0/s1. The van der Waals surface area contributed by atoms with Crippen molar-refractivity contribution in [3.8, 4) is 11.8 Å². The summed E-state index contributed by atoms with van der Waals surface area (Å²) in [5, 5.41) is 22.8. The Hall–Kier alpha value is -2.83. The summed E-state index contributed by atoms with van der Waals surface area (Å²) in [4.78, 5) is 14.1. The van der Waals surface area contributed by atoms with Crippen LogP contribution in [0.2, 0.25) is 0 Å². The fourth-order valence-corrected chi connectivity index (χ4v) is 6.95. The summed E-state index contributed by atoms with van der Waals surface area (Å²) in [6.07, 6.45) is 3.79. The third-order valence-corrected chi connectivity index (χ3v) is 10.3. The van der Waals surface area contributed by atoms with E-state index in [-0.39, 0.29) is 23.2 Å². The average Bonchev–Trinajstić information content (AvgIpc) is 3.43. The van der Waals surface area contributed by atoms with E-state index >= 15 is 0 Å². The molecule has 1 amide bonds. The molecule has 38 heavy (non-hydrogen) atoms. The number of carbonyl (C=O) groups excluding carboxylic acids is 1. The summed E-state index contributed by atoms with van der Waals surface area (Å²) < 4.78 is 8.04. The third kappa shape index (κ3) is 5.76. The molecule has 4 rings (SSSR count). The first kappa shape index (κ1) is 28.2. The second-order valence-corrected chi connectivity index (χ2v) is 12.8. The Bertz CT molecular complexity index is 1370. The van der Waals surface area contributed by atoms with Crippen LogP contribution in [0.15, 0.2) is 23.4 Å². The smallest absolute Gasteiger partial charge is 0.235 e. The van der Waals surface area contributed by atoms with Crippen LogP contribution in [-0.4, -0.2) is 26.4 Å².